The first kappa shape index (κ1) is 20.3. The lowest BCUT2D eigenvalue weighted by molar-refractivity contribution is 0.321. The maximum atomic E-state index is 5.82. The van der Waals surface area contributed by atoms with Crippen molar-refractivity contribution in [3.05, 3.63) is 17.8 Å². The van der Waals surface area contributed by atoms with Crippen LogP contribution in [0.1, 0.15) is 59.1 Å². The van der Waals surface area contributed by atoms with Crippen molar-refractivity contribution >= 4 is 29.9 Å². The summed E-state index contributed by atoms with van der Waals surface area (Å²) in [5, 5.41) is 3.37. The van der Waals surface area contributed by atoms with E-state index in [1.807, 2.05) is 13.2 Å². The van der Waals surface area contributed by atoms with Crippen LogP contribution in [-0.2, 0) is 12.0 Å². The molecular weight excluding hydrogens is 403 g/mol. The number of hydrogen-bond acceptors (Lipinski definition) is 3. The highest BCUT2D eigenvalue weighted by Gasteiger charge is 2.33. The molecule has 0 aliphatic carbocycles. The minimum absolute atomic E-state index is 0. The van der Waals surface area contributed by atoms with Crippen LogP contribution in [0.3, 0.4) is 0 Å². The summed E-state index contributed by atoms with van der Waals surface area (Å²) in [6, 6.07) is 0. The van der Waals surface area contributed by atoms with Crippen molar-refractivity contribution in [3.8, 4) is 0 Å². The average molecular weight is 434 g/mol. The molecule has 1 saturated heterocycles. The Labute approximate surface area is 157 Å². The summed E-state index contributed by atoms with van der Waals surface area (Å²) >= 11 is 0. The Morgan fingerprint density at radius 3 is 2.65 bits per heavy atom. The van der Waals surface area contributed by atoms with Gasteiger partial charge in [0.2, 0.25) is 5.89 Å². The second-order valence-corrected chi connectivity index (χ2v) is 7.60. The van der Waals surface area contributed by atoms with E-state index in [0.29, 0.717) is 17.9 Å². The molecule has 0 saturated carbocycles. The molecule has 132 valence electrons. The summed E-state index contributed by atoms with van der Waals surface area (Å²) in [5.41, 5.74) is 0.394. The molecule has 0 bridgehead atoms. The first-order chi connectivity index (χ1) is 10.3. The summed E-state index contributed by atoms with van der Waals surface area (Å²) in [6.45, 7) is 13.7. The summed E-state index contributed by atoms with van der Waals surface area (Å²) in [5.74, 6) is 2.57. The number of rotatable bonds is 3. The van der Waals surface area contributed by atoms with Gasteiger partial charge in [0.1, 0.15) is 5.76 Å². The Kier molecular flexibility index (Phi) is 6.92. The molecule has 6 heteroatoms. The molecule has 5 nitrogen and oxygen atoms in total. The van der Waals surface area contributed by atoms with E-state index in [1.54, 1.807) is 0 Å². The lowest BCUT2D eigenvalue weighted by atomic mass is 9.87. The van der Waals surface area contributed by atoms with Gasteiger partial charge in [-0.3, -0.25) is 4.99 Å². The largest absolute Gasteiger partial charge is 0.443 e. The van der Waals surface area contributed by atoms with E-state index in [4.69, 9.17) is 4.42 Å². The number of aliphatic imine (C=N–C) groups is 1. The van der Waals surface area contributed by atoms with E-state index >= 15 is 0 Å². The van der Waals surface area contributed by atoms with Crippen molar-refractivity contribution in [2.24, 2.45) is 10.4 Å². The van der Waals surface area contributed by atoms with E-state index in [2.05, 4.69) is 54.8 Å². The zero-order valence-corrected chi connectivity index (χ0v) is 17.6. The van der Waals surface area contributed by atoms with Crippen LogP contribution in [0.15, 0.2) is 15.6 Å². The highest BCUT2D eigenvalue weighted by atomic mass is 127. The van der Waals surface area contributed by atoms with Gasteiger partial charge in [-0.1, -0.05) is 34.6 Å². The molecule has 2 heterocycles. The first-order valence-corrected chi connectivity index (χ1v) is 8.18. The second kappa shape index (κ2) is 7.85. The number of oxazole rings is 1. The molecule has 1 aliphatic rings. The third-order valence-corrected chi connectivity index (χ3v) is 4.61. The zero-order chi connectivity index (χ0) is 16.4. The zero-order valence-electron chi connectivity index (χ0n) is 15.3. The molecule has 0 aromatic carbocycles. The monoisotopic (exact) mass is 434 g/mol. The highest BCUT2D eigenvalue weighted by molar-refractivity contribution is 14.0. The first-order valence-electron chi connectivity index (χ1n) is 8.18. The Bertz CT molecular complexity index is 535. The van der Waals surface area contributed by atoms with Gasteiger partial charge < -0.3 is 14.6 Å². The quantitative estimate of drug-likeness (QED) is 0.447. The average Bonchev–Trinajstić information content (AvgIpc) is 3.07. The van der Waals surface area contributed by atoms with Gasteiger partial charge in [0.15, 0.2) is 5.96 Å². The standard InChI is InChI=1S/C17H30N4O.HI/c1-7-17(5)8-9-21(12-17)15(18-6)20-11-14-19-10-13(22-14)16(2,3)4;/h10H,7-9,11-12H2,1-6H3,(H,18,20);1H. The predicted molar refractivity (Wildman–Crippen MR) is 105 cm³/mol. The van der Waals surface area contributed by atoms with E-state index in [-0.39, 0.29) is 29.4 Å². The van der Waals surface area contributed by atoms with E-state index in [9.17, 15) is 0 Å². The van der Waals surface area contributed by atoms with Crippen LogP contribution in [0.5, 0.6) is 0 Å². The van der Waals surface area contributed by atoms with Crippen LogP contribution in [0.25, 0.3) is 0 Å². The van der Waals surface area contributed by atoms with Crippen LogP contribution >= 0.6 is 24.0 Å². The van der Waals surface area contributed by atoms with Crippen LogP contribution in [0.2, 0.25) is 0 Å². The van der Waals surface area contributed by atoms with Crippen LogP contribution < -0.4 is 5.32 Å². The van der Waals surface area contributed by atoms with Gasteiger partial charge in [-0.25, -0.2) is 4.98 Å². The van der Waals surface area contributed by atoms with E-state index in [1.165, 1.54) is 12.8 Å². The molecule has 1 aromatic rings. The van der Waals surface area contributed by atoms with Crippen LogP contribution in [-0.4, -0.2) is 36.0 Å². The Hall–Kier alpha value is -0.790. The van der Waals surface area contributed by atoms with Crippen LogP contribution in [0.4, 0.5) is 0 Å². The predicted octanol–water partition coefficient (Wildman–Crippen LogP) is 3.79. The molecule has 0 spiro atoms. The Morgan fingerprint density at radius 2 is 2.17 bits per heavy atom. The number of likely N-dealkylation sites (tertiary alicyclic amines) is 1. The Morgan fingerprint density at radius 1 is 1.48 bits per heavy atom. The fourth-order valence-electron chi connectivity index (χ4n) is 2.72. The number of guanidine groups is 1. The fourth-order valence-corrected chi connectivity index (χ4v) is 2.72. The van der Waals surface area contributed by atoms with Gasteiger partial charge in [0, 0.05) is 25.6 Å². The van der Waals surface area contributed by atoms with Crippen molar-refractivity contribution < 1.29 is 4.42 Å². The van der Waals surface area contributed by atoms with Gasteiger partial charge in [-0.15, -0.1) is 24.0 Å². The molecule has 1 atom stereocenters. The molecule has 0 amide bonds. The van der Waals surface area contributed by atoms with E-state index in [0.717, 1.165) is 24.8 Å². The van der Waals surface area contributed by atoms with Gasteiger partial charge in [-0.05, 0) is 18.3 Å². The number of hydrogen-bond donors (Lipinski definition) is 1. The van der Waals surface area contributed by atoms with E-state index < -0.39 is 0 Å². The molecule has 1 N–H and O–H groups in total. The molecule has 23 heavy (non-hydrogen) atoms. The van der Waals surface area contributed by atoms with Crippen molar-refractivity contribution in [3.63, 3.8) is 0 Å². The third kappa shape index (κ3) is 5.09. The summed E-state index contributed by atoms with van der Waals surface area (Å²) in [6.07, 6.45) is 4.25. The lowest BCUT2D eigenvalue weighted by Gasteiger charge is -2.25. The summed E-state index contributed by atoms with van der Waals surface area (Å²) < 4.78 is 5.82. The summed E-state index contributed by atoms with van der Waals surface area (Å²) in [7, 11) is 1.83. The number of nitrogens with one attached hydrogen (secondary N) is 1. The molecule has 0 radical (unpaired) electrons. The minimum Gasteiger partial charge on any atom is -0.443 e. The lowest BCUT2D eigenvalue weighted by Crippen LogP contribution is -2.40. The molecular formula is C17H31IN4O. The maximum absolute atomic E-state index is 5.82. The molecule has 2 rings (SSSR count). The normalized spacial score (nSPS) is 22.2. The van der Waals surface area contributed by atoms with Gasteiger partial charge in [0.25, 0.3) is 0 Å². The maximum Gasteiger partial charge on any atom is 0.213 e. The second-order valence-electron chi connectivity index (χ2n) is 7.60. The van der Waals surface area contributed by atoms with Crippen molar-refractivity contribution in [2.75, 3.05) is 20.1 Å². The molecule has 1 aromatic heterocycles. The molecule has 1 unspecified atom stereocenters. The van der Waals surface area contributed by atoms with Crippen LogP contribution in [0, 0.1) is 5.41 Å². The number of aromatic nitrogens is 1. The minimum atomic E-state index is -0.00911. The van der Waals surface area contributed by atoms with Crippen molar-refractivity contribution in [2.45, 2.75) is 59.4 Å². The van der Waals surface area contributed by atoms with Crippen molar-refractivity contribution in [1.82, 2.24) is 15.2 Å². The third-order valence-electron chi connectivity index (χ3n) is 4.61. The smallest absolute Gasteiger partial charge is 0.213 e. The SMILES string of the molecule is CCC1(C)CCN(C(=NC)NCc2ncc(C(C)(C)C)o2)C1.I. The molecule has 1 fully saturated rings. The van der Waals surface area contributed by atoms with Gasteiger partial charge in [0.05, 0.1) is 12.7 Å². The number of halogens is 1. The molecule has 1 aliphatic heterocycles. The fraction of sp³-hybridized carbons (Fsp3) is 0.765. The van der Waals surface area contributed by atoms with Gasteiger partial charge >= 0.3 is 0 Å². The topological polar surface area (TPSA) is 53.7 Å². The van der Waals surface area contributed by atoms with Gasteiger partial charge in [-0.2, -0.15) is 0 Å². The Balaban J connectivity index is 0.00000264. The highest BCUT2D eigenvalue weighted by Crippen LogP contribution is 2.32. The number of nitrogens with zero attached hydrogens (tertiary/aromatic N) is 3. The van der Waals surface area contributed by atoms with Crippen molar-refractivity contribution in [1.29, 1.82) is 0 Å². The summed E-state index contributed by atoms with van der Waals surface area (Å²) in [4.78, 5) is 11.1.